The number of carboxylic acid groups (broad SMARTS) is 1. The summed E-state index contributed by atoms with van der Waals surface area (Å²) >= 11 is 0. The van der Waals surface area contributed by atoms with E-state index in [-0.39, 0.29) is 19.5 Å². The average Bonchev–Trinajstić information content (AvgIpc) is 2.92. The number of aryl methyl sites for hydroxylation is 1. The number of likely N-dealkylation sites (tertiary alicyclic amines) is 1. The van der Waals surface area contributed by atoms with E-state index in [4.69, 9.17) is 9.52 Å². The Morgan fingerprint density at radius 2 is 2.37 bits per heavy atom. The second kappa shape index (κ2) is 5.27. The Labute approximate surface area is 109 Å². The molecule has 1 aliphatic rings. The first kappa shape index (κ1) is 13.3. The first-order valence-electron chi connectivity index (χ1n) is 5.84. The van der Waals surface area contributed by atoms with E-state index in [1.165, 1.54) is 6.20 Å². The molecule has 19 heavy (non-hydrogen) atoms. The largest absolute Gasteiger partial charge is 0.480 e. The van der Waals surface area contributed by atoms with Crippen LogP contribution in [-0.4, -0.2) is 50.8 Å². The summed E-state index contributed by atoms with van der Waals surface area (Å²) in [5, 5.41) is 20.9. The van der Waals surface area contributed by atoms with Gasteiger partial charge >= 0.3 is 12.0 Å². The lowest BCUT2D eigenvalue weighted by Gasteiger charge is -2.21. The molecule has 2 atom stereocenters. The number of aliphatic hydroxyl groups is 1. The molecule has 1 saturated heterocycles. The highest BCUT2D eigenvalue weighted by Gasteiger charge is 2.38. The monoisotopic (exact) mass is 269 g/mol. The Morgan fingerprint density at radius 1 is 1.63 bits per heavy atom. The van der Waals surface area contributed by atoms with Crippen molar-refractivity contribution in [3.8, 4) is 0 Å². The fourth-order valence-electron chi connectivity index (χ4n) is 2.01. The summed E-state index contributed by atoms with van der Waals surface area (Å²) in [6.07, 6.45) is 0.762. The Kier molecular flexibility index (Phi) is 3.70. The van der Waals surface area contributed by atoms with Crippen LogP contribution in [0.25, 0.3) is 0 Å². The van der Waals surface area contributed by atoms with Crippen LogP contribution in [0.4, 0.5) is 4.79 Å². The zero-order chi connectivity index (χ0) is 14.0. The summed E-state index contributed by atoms with van der Waals surface area (Å²) in [6, 6.07) is -1.55. The van der Waals surface area contributed by atoms with Gasteiger partial charge in [-0.3, -0.25) is 0 Å². The summed E-state index contributed by atoms with van der Waals surface area (Å²) in [5.74, 6) is -0.152. The first-order chi connectivity index (χ1) is 8.97. The van der Waals surface area contributed by atoms with Crippen molar-refractivity contribution in [1.29, 1.82) is 0 Å². The summed E-state index contributed by atoms with van der Waals surface area (Å²) < 4.78 is 5.18. The average molecular weight is 269 g/mol. The highest BCUT2D eigenvalue weighted by atomic mass is 16.4. The number of aliphatic hydroxyl groups excluding tert-OH is 1. The van der Waals surface area contributed by atoms with E-state index < -0.39 is 24.1 Å². The molecule has 0 spiro atoms. The number of rotatable bonds is 3. The van der Waals surface area contributed by atoms with Gasteiger partial charge in [0.05, 0.1) is 18.8 Å². The third-order valence-corrected chi connectivity index (χ3v) is 2.88. The number of carboxylic acids is 1. The number of nitrogens with one attached hydrogen (secondary N) is 1. The number of hydrogen-bond donors (Lipinski definition) is 3. The Bertz CT molecular complexity index is 486. The molecular weight excluding hydrogens is 254 g/mol. The standard InChI is InChI=1S/C11H15N3O5/c1-6-3-12-9(19-6)4-13-11(18)14-5-7(15)2-8(14)10(16)17/h3,7-8,15H,2,4-5H2,1H3,(H,13,18)(H,16,17)/t7-,8+/m1/s1. The van der Waals surface area contributed by atoms with Gasteiger partial charge in [-0.1, -0.05) is 0 Å². The van der Waals surface area contributed by atoms with Crippen molar-refractivity contribution in [2.75, 3.05) is 6.54 Å². The molecule has 1 aromatic rings. The summed E-state index contributed by atoms with van der Waals surface area (Å²) in [5.41, 5.74) is 0. The molecule has 8 nitrogen and oxygen atoms in total. The van der Waals surface area contributed by atoms with E-state index in [1.54, 1.807) is 6.92 Å². The highest BCUT2D eigenvalue weighted by molar-refractivity contribution is 5.83. The van der Waals surface area contributed by atoms with Crippen LogP contribution in [0.5, 0.6) is 0 Å². The molecule has 3 N–H and O–H groups in total. The van der Waals surface area contributed by atoms with Crippen LogP contribution in [-0.2, 0) is 11.3 Å². The Morgan fingerprint density at radius 3 is 2.95 bits per heavy atom. The Balaban J connectivity index is 1.93. The van der Waals surface area contributed by atoms with Crippen LogP contribution >= 0.6 is 0 Å². The van der Waals surface area contributed by atoms with Gasteiger partial charge in [0, 0.05) is 13.0 Å². The van der Waals surface area contributed by atoms with Crippen LogP contribution in [0, 0.1) is 6.92 Å². The molecule has 2 amide bonds. The quantitative estimate of drug-likeness (QED) is 0.694. The second-order valence-corrected chi connectivity index (χ2v) is 4.42. The van der Waals surface area contributed by atoms with Gasteiger partial charge in [-0.15, -0.1) is 0 Å². The van der Waals surface area contributed by atoms with Gasteiger partial charge in [0.1, 0.15) is 11.8 Å². The molecule has 0 aromatic carbocycles. The maximum absolute atomic E-state index is 11.9. The number of hydrogen-bond acceptors (Lipinski definition) is 5. The smallest absolute Gasteiger partial charge is 0.326 e. The molecule has 104 valence electrons. The van der Waals surface area contributed by atoms with Crippen LogP contribution in [0.15, 0.2) is 10.6 Å². The molecule has 1 fully saturated rings. The van der Waals surface area contributed by atoms with Crippen molar-refractivity contribution in [2.24, 2.45) is 0 Å². The Hall–Kier alpha value is -2.09. The van der Waals surface area contributed by atoms with Crippen molar-refractivity contribution in [3.05, 3.63) is 17.8 Å². The molecular formula is C11H15N3O5. The van der Waals surface area contributed by atoms with Gasteiger partial charge in [0.25, 0.3) is 0 Å². The maximum Gasteiger partial charge on any atom is 0.326 e. The topological polar surface area (TPSA) is 116 Å². The minimum Gasteiger partial charge on any atom is -0.480 e. The van der Waals surface area contributed by atoms with E-state index >= 15 is 0 Å². The first-order valence-corrected chi connectivity index (χ1v) is 5.84. The number of oxazole rings is 1. The maximum atomic E-state index is 11.9. The molecule has 0 bridgehead atoms. The van der Waals surface area contributed by atoms with Crippen LogP contribution in [0.1, 0.15) is 18.1 Å². The fourth-order valence-corrected chi connectivity index (χ4v) is 2.01. The van der Waals surface area contributed by atoms with Crippen molar-refractivity contribution in [2.45, 2.75) is 32.0 Å². The number of aromatic nitrogens is 1. The number of carbonyl (C=O) groups excluding carboxylic acids is 1. The second-order valence-electron chi connectivity index (χ2n) is 4.42. The zero-order valence-corrected chi connectivity index (χ0v) is 10.4. The number of nitrogens with zero attached hydrogens (tertiary/aromatic N) is 2. The van der Waals surface area contributed by atoms with Gasteiger partial charge in [0.15, 0.2) is 0 Å². The lowest BCUT2D eigenvalue weighted by molar-refractivity contribution is -0.141. The van der Waals surface area contributed by atoms with Gasteiger partial charge in [-0.05, 0) is 6.92 Å². The van der Waals surface area contributed by atoms with Crippen molar-refractivity contribution in [1.82, 2.24) is 15.2 Å². The van der Waals surface area contributed by atoms with Crippen molar-refractivity contribution in [3.63, 3.8) is 0 Å². The van der Waals surface area contributed by atoms with Gasteiger partial charge in [-0.2, -0.15) is 0 Å². The lowest BCUT2D eigenvalue weighted by Crippen LogP contribution is -2.46. The number of amides is 2. The molecule has 8 heteroatoms. The fraction of sp³-hybridized carbons (Fsp3) is 0.545. The molecule has 0 aliphatic carbocycles. The summed E-state index contributed by atoms with van der Waals surface area (Å²) in [6.45, 7) is 1.81. The molecule has 1 aliphatic heterocycles. The third kappa shape index (κ3) is 3.02. The molecule has 2 heterocycles. The van der Waals surface area contributed by atoms with E-state index in [2.05, 4.69) is 10.3 Å². The highest BCUT2D eigenvalue weighted by Crippen LogP contribution is 2.18. The van der Waals surface area contributed by atoms with Gasteiger partial charge in [-0.25, -0.2) is 14.6 Å². The predicted molar refractivity (Wildman–Crippen MR) is 62.2 cm³/mol. The van der Waals surface area contributed by atoms with E-state index in [9.17, 15) is 14.7 Å². The van der Waals surface area contributed by atoms with E-state index in [0.29, 0.717) is 11.7 Å². The minimum absolute atomic E-state index is 0.00735. The summed E-state index contributed by atoms with van der Waals surface area (Å²) in [7, 11) is 0. The summed E-state index contributed by atoms with van der Waals surface area (Å²) in [4.78, 5) is 27.9. The number of urea groups is 1. The van der Waals surface area contributed by atoms with Crippen LogP contribution < -0.4 is 5.32 Å². The zero-order valence-electron chi connectivity index (χ0n) is 10.4. The normalized spacial score (nSPS) is 22.5. The molecule has 0 radical (unpaired) electrons. The molecule has 0 saturated carbocycles. The number of aliphatic carboxylic acids is 1. The number of carbonyl (C=O) groups is 2. The SMILES string of the molecule is Cc1cnc(CNC(=O)N2C[C@H](O)C[C@H]2C(=O)O)o1. The van der Waals surface area contributed by atoms with E-state index in [1.807, 2.05) is 0 Å². The number of β-amino-alcohol motifs (C(OH)–C–C–N with tert-alkyl or cyclic N) is 1. The minimum atomic E-state index is -1.13. The van der Waals surface area contributed by atoms with Crippen molar-refractivity contribution >= 4 is 12.0 Å². The van der Waals surface area contributed by atoms with Crippen LogP contribution in [0.3, 0.4) is 0 Å². The molecule has 0 unspecified atom stereocenters. The lowest BCUT2D eigenvalue weighted by atomic mass is 10.2. The predicted octanol–water partition coefficient (Wildman–Crippen LogP) is -0.288. The van der Waals surface area contributed by atoms with Gasteiger partial charge < -0.3 is 24.8 Å². The molecule has 2 rings (SSSR count). The van der Waals surface area contributed by atoms with Gasteiger partial charge in [0.2, 0.25) is 5.89 Å². The van der Waals surface area contributed by atoms with E-state index in [0.717, 1.165) is 4.90 Å². The van der Waals surface area contributed by atoms with Crippen molar-refractivity contribution < 1.29 is 24.2 Å². The third-order valence-electron chi connectivity index (χ3n) is 2.88. The van der Waals surface area contributed by atoms with Crippen LogP contribution in [0.2, 0.25) is 0 Å². The molecule has 1 aromatic heterocycles.